The molecule has 0 aliphatic rings. The van der Waals surface area contributed by atoms with Crippen LogP contribution in [0.3, 0.4) is 0 Å². The zero-order chi connectivity index (χ0) is 19.1. The molecular formula is C20H17N2O4S-. The summed E-state index contributed by atoms with van der Waals surface area (Å²) < 4.78 is 30.3. The van der Waals surface area contributed by atoms with Crippen LogP contribution in [0.5, 0.6) is 5.75 Å². The molecular weight excluding hydrogens is 364 g/mol. The van der Waals surface area contributed by atoms with Gasteiger partial charge in [0, 0.05) is 16.5 Å². The fraction of sp³-hybridized carbons (Fsp3) is 0.150. The lowest BCUT2D eigenvalue weighted by molar-refractivity contribution is 0.393. The lowest BCUT2D eigenvalue weighted by atomic mass is 9.97. The van der Waals surface area contributed by atoms with Crippen LogP contribution in [0.15, 0.2) is 53.1 Å². The van der Waals surface area contributed by atoms with Crippen molar-refractivity contribution in [3.8, 4) is 28.1 Å². The molecule has 2 heterocycles. The van der Waals surface area contributed by atoms with Gasteiger partial charge < -0.3 is 18.7 Å². The van der Waals surface area contributed by atoms with Crippen LogP contribution < -0.4 is 0 Å². The summed E-state index contributed by atoms with van der Waals surface area (Å²) in [6.07, 6.45) is 0. The topological polar surface area (TPSA) is 91.3 Å². The van der Waals surface area contributed by atoms with Crippen LogP contribution in [0.25, 0.3) is 33.3 Å². The Hall–Kier alpha value is -2.90. The first kappa shape index (κ1) is 17.5. The fourth-order valence-electron chi connectivity index (χ4n) is 3.54. The zero-order valence-electron chi connectivity index (χ0n) is 14.8. The number of rotatable bonds is 4. The van der Waals surface area contributed by atoms with E-state index in [0.29, 0.717) is 11.5 Å². The van der Waals surface area contributed by atoms with Crippen molar-refractivity contribution in [1.82, 2.24) is 9.72 Å². The third-order valence-electron chi connectivity index (χ3n) is 4.63. The number of para-hydroxylation sites is 1. The molecule has 1 N–H and O–H groups in total. The zero-order valence-corrected chi connectivity index (χ0v) is 15.6. The van der Waals surface area contributed by atoms with Crippen LogP contribution in [-0.4, -0.2) is 23.6 Å². The van der Waals surface area contributed by atoms with Gasteiger partial charge in [0.2, 0.25) is 0 Å². The Morgan fingerprint density at radius 1 is 1.11 bits per heavy atom. The SMILES string of the molecule is Cc1noc(C)c1-c1c(-c2ccc(O)cc2)c2ccccc2n1CS(=O)[O-]. The van der Waals surface area contributed by atoms with Gasteiger partial charge in [-0.15, -0.1) is 0 Å². The lowest BCUT2D eigenvalue weighted by Crippen LogP contribution is -2.06. The van der Waals surface area contributed by atoms with Gasteiger partial charge in [0.25, 0.3) is 0 Å². The quantitative estimate of drug-likeness (QED) is 0.537. The minimum absolute atomic E-state index is 0.169. The molecule has 7 heteroatoms. The van der Waals surface area contributed by atoms with Gasteiger partial charge in [-0.2, -0.15) is 0 Å². The number of aryl methyl sites for hydroxylation is 2. The minimum Gasteiger partial charge on any atom is -0.771 e. The summed E-state index contributed by atoms with van der Waals surface area (Å²) in [5.41, 5.74) is 4.76. The second kappa shape index (κ2) is 6.68. The molecule has 0 saturated heterocycles. The van der Waals surface area contributed by atoms with Crippen LogP contribution in [0.1, 0.15) is 11.5 Å². The van der Waals surface area contributed by atoms with E-state index in [0.717, 1.165) is 33.3 Å². The molecule has 4 rings (SSSR count). The normalized spacial score (nSPS) is 12.6. The Bertz CT molecular complexity index is 1140. The molecule has 0 aliphatic carbocycles. The Labute approximate surface area is 158 Å². The van der Waals surface area contributed by atoms with Crippen molar-refractivity contribution in [2.75, 3.05) is 0 Å². The number of hydrogen-bond donors (Lipinski definition) is 1. The molecule has 27 heavy (non-hydrogen) atoms. The molecule has 0 bridgehead atoms. The Morgan fingerprint density at radius 2 is 1.81 bits per heavy atom. The molecule has 1 unspecified atom stereocenters. The summed E-state index contributed by atoms with van der Waals surface area (Å²) in [7, 11) is 0. The first-order valence-corrected chi connectivity index (χ1v) is 9.61. The van der Waals surface area contributed by atoms with E-state index in [1.807, 2.05) is 50.2 Å². The number of phenolic OH excluding ortho intramolecular Hbond substituents is 1. The van der Waals surface area contributed by atoms with E-state index in [9.17, 15) is 13.9 Å². The standard InChI is InChI=1S/C20H18N2O4S/c1-12-18(13(2)26-21-12)20-19(14-7-9-15(23)10-8-14)16-5-3-4-6-17(16)22(20)11-27(24)25/h3-10,23H,11H2,1-2H3,(H,24,25)/p-1. The highest BCUT2D eigenvalue weighted by atomic mass is 32.2. The minimum atomic E-state index is -2.28. The summed E-state index contributed by atoms with van der Waals surface area (Å²) in [5.74, 6) is 0.605. The largest absolute Gasteiger partial charge is 0.771 e. The van der Waals surface area contributed by atoms with Gasteiger partial charge in [-0.05, 0) is 48.7 Å². The van der Waals surface area contributed by atoms with Gasteiger partial charge in [0.15, 0.2) is 0 Å². The predicted octanol–water partition coefficient (Wildman–Crippen LogP) is 4.12. The smallest absolute Gasteiger partial charge is 0.143 e. The number of aromatic hydroxyl groups is 1. The molecule has 138 valence electrons. The molecule has 0 saturated carbocycles. The van der Waals surface area contributed by atoms with E-state index in [1.165, 1.54) is 0 Å². The van der Waals surface area contributed by atoms with Gasteiger partial charge >= 0.3 is 0 Å². The van der Waals surface area contributed by atoms with E-state index >= 15 is 0 Å². The van der Waals surface area contributed by atoms with Gasteiger partial charge in [-0.1, -0.05) is 35.5 Å². The third-order valence-corrected chi connectivity index (χ3v) is 5.10. The van der Waals surface area contributed by atoms with E-state index in [-0.39, 0.29) is 11.6 Å². The molecule has 1 atom stereocenters. The molecule has 0 spiro atoms. The second-order valence-electron chi connectivity index (χ2n) is 6.35. The molecule has 0 fully saturated rings. The van der Waals surface area contributed by atoms with Crippen LogP contribution in [0.4, 0.5) is 0 Å². The molecule has 0 aliphatic heterocycles. The molecule has 0 radical (unpaired) electrons. The average Bonchev–Trinajstić information content (AvgIpc) is 3.13. The predicted molar refractivity (Wildman–Crippen MR) is 103 cm³/mol. The monoisotopic (exact) mass is 381 g/mol. The molecule has 2 aromatic heterocycles. The van der Waals surface area contributed by atoms with Crippen LogP contribution >= 0.6 is 0 Å². The number of phenols is 1. The lowest BCUT2D eigenvalue weighted by Gasteiger charge is -2.14. The highest BCUT2D eigenvalue weighted by Gasteiger charge is 2.24. The Morgan fingerprint density at radius 3 is 2.44 bits per heavy atom. The number of fused-ring (bicyclic) bond motifs is 1. The van der Waals surface area contributed by atoms with Crippen molar-refractivity contribution < 1.29 is 18.4 Å². The number of aromatic nitrogens is 2. The van der Waals surface area contributed by atoms with Crippen LogP contribution in [0.2, 0.25) is 0 Å². The first-order chi connectivity index (χ1) is 13.0. The fourth-order valence-corrected chi connectivity index (χ4v) is 4.02. The summed E-state index contributed by atoms with van der Waals surface area (Å²) >= 11 is -2.28. The summed E-state index contributed by atoms with van der Waals surface area (Å²) in [5, 5.41) is 14.6. The van der Waals surface area contributed by atoms with Crippen molar-refractivity contribution in [2.24, 2.45) is 0 Å². The molecule has 4 aromatic rings. The first-order valence-electron chi connectivity index (χ1n) is 8.37. The van der Waals surface area contributed by atoms with Gasteiger partial charge in [0.05, 0.1) is 22.8 Å². The van der Waals surface area contributed by atoms with Crippen molar-refractivity contribution in [3.63, 3.8) is 0 Å². The maximum atomic E-state index is 11.6. The Balaban J connectivity index is 2.16. The van der Waals surface area contributed by atoms with Crippen molar-refractivity contribution >= 4 is 22.0 Å². The molecule has 0 amide bonds. The Kier molecular flexibility index (Phi) is 4.33. The summed E-state index contributed by atoms with van der Waals surface area (Å²) in [6.45, 7) is 3.65. The van der Waals surface area contributed by atoms with Crippen molar-refractivity contribution in [1.29, 1.82) is 0 Å². The van der Waals surface area contributed by atoms with E-state index in [1.54, 1.807) is 16.7 Å². The number of nitrogens with zero attached hydrogens (tertiary/aromatic N) is 2. The van der Waals surface area contributed by atoms with Crippen molar-refractivity contribution in [2.45, 2.75) is 19.7 Å². The highest BCUT2D eigenvalue weighted by molar-refractivity contribution is 7.78. The van der Waals surface area contributed by atoms with Crippen LogP contribution in [-0.2, 0) is 17.0 Å². The summed E-state index contributed by atoms with van der Waals surface area (Å²) in [4.78, 5) is 0. The maximum absolute atomic E-state index is 11.6. The van der Waals surface area contributed by atoms with E-state index < -0.39 is 11.1 Å². The van der Waals surface area contributed by atoms with Crippen molar-refractivity contribution in [3.05, 3.63) is 60.0 Å². The van der Waals surface area contributed by atoms with Gasteiger partial charge in [-0.25, -0.2) is 0 Å². The molecule has 2 aromatic carbocycles. The van der Waals surface area contributed by atoms with E-state index in [4.69, 9.17) is 4.52 Å². The highest BCUT2D eigenvalue weighted by Crippen LogP contribution is 2.43. The van der Waals surface area contributed by atoms with Gasteiger partial charge in [0.1, 0.15) is 11.5 Å². The van der Waals surface area contributed by atoms with Gasteiger partial charge in [-0.3, -0.25) is 4.21 Å². The average molecular weight is 381 g/mol. The third kappa shape index (κ3) is 2.94. The number of hydrogen-bond acceptors (Lipinski definition) is 5. The summed E-state index contributed by atoms with van der Waals surface area (Å²) in [6, 6.07) is 14.5. The number of benzene rings is 2. The molecule has 6 nitrogen and oxygen atoms in total. The van der Waals surface area contributed by atoms with Crippen LogP contribution in [0, 0.1) is 13.8 Å². The van der Waals surface area contributed by atoms with E-state index in [2.05, 4.69) is 5.16 Å². The maximum Gasteiger partial charge on any atom is 0.143 e. The second-order valence-corrected chi connectivity index (χ2v) is 7.21.